The monoisotopic (exact) mass is 260 g/mol. The third-order valence-corrected chi connectivity index (χ3v) is 2.64. The molecule has 1 aromatic carbocycles. The molecule has 0 saturated heterocycles. The van der Waals surface area contributed by atoms with Crippen LogP contribution in [0.1, 0.15) is 21.8 Å². The van der Waals surface area contributed by atoms with Gasteiger partial charge in [-0.25, -0.2) is 5.84 Å². The summed E-state index contributed by atoms with van der Waals surface area (Å²) in [5, 5.41) is 3.65. The summed E-state index contributed by atoms with van der Waals surface area (Å²) in [5.74, 6) is 5.19. The number of rotatable bonds is 5. The van der Waals surface area contributed by atoms with Crippen molar-refractivity contribution in [3.63, 3.8) is 0 Å². The fourth-order valence-electron chi connectivity index (χ4n) is 1.79. The molecule has 0 bridgehead atoms. The van der Waals surface area contributed by atoms with Gasteiger partial charge in [0.25, 0.3) is 5.91 Å². The van der Waals surface area contributed by atoms with Gasteiger partial charge in [0, 0.05) is 12.6 Å². The summed E-state index contributed by atoms with van der Waals surface area (Å²) >= 11 is 0. The van der Waals surface area contributed by atoms with Gasteiger partial charge in [-0.15, -0.1) is 0 Å². The molecule has 1 heterocycles. The molecule has 0 atom stereocenters. The van der Waals surface area contributed by atoms with Gasteiger partial charge in [0.1, 0.15) is 0 Å². The Hall–Kier alpha value is -2.18. The first-order valence-corrected chi connectivity index (χ1v) is 5.88. The predicted molar refractivity (Wildman–Crippen MR) is 69.8 cm³/mol. The molecule has 1 amide bonds. The third-order valence-electron chi connectivity index (χ3n) is 2.64. The van der Waals surface area contributed by atoms with Crippen molar-refractivity contribution < 1.29 is 9.32 Å². The summed E-state index contributed by atoms with van der Waals surface area (Å²) in [6, 6.07) is 11.7. The quantitative estimate of drug-likeness (QED) is 0.474. The highest BCUT2D eigenvalue weighted by molar-refractivity contribution is 5.91. The number of hydrazine groups is 1. The van der Waals surface area contributed by atoms with E-state index in [0.29, 0.717) is 12.3 Å². The van der Waals surface area contributed by atoms with Gasteiger partial charge in [-0.1, -0.05) is 35.5 Å². The molecular formula is C13H16N4O2. The molecule has 0 unspecified atom stereocenters. The molecule has 0 radical (unpaired) electrons. The van der Waals surface area contributed by atoms with E-state index in [9.17, 15) is 4.79 Å². The molecule has 0 spiro atoms. The molecule has 19 heavy (non-hydrogen) atoms. The van der Waals surface area contributed by atoms with Crippen molar-refractivity contribution in [3.05, 3.63) is 53.4 Å². The number of nitrogen functional groups attached to an aromatic ring is 1. The highest BCUT2D eigenvalue weighted by Gasteiger charge is 2.12. The van der Waals surface area contributed by atoms with Crippen LogP contribution in [0.2, 0.25) is 0 Å². The fraction of sp³-hybridized carbons (Fsp3) is 0.231. The maximum Gasteiger partial charge on any atom is 0.287 e. The molecule has 0 fully saturated rings. The smallest absolute Gasteiger partial charge is 0.287 e. The minimum atomic E-state index is -0.458. The zero-order valence-corrected chi connectivity index (χ0v) is 10.7. The summed E-state index contributed by atoms with van der Waals surface area (Å²) in [5.41, 5.74) is 3.41. The predicted octanol–water partition coefficient (Wildman–Crippen LogP) is 0.910. The summed E-state index contributed by atoms with van der Waals surface area (Å²) in [7, 11) is 1.97. The highest BCUT2D eigenvalue weighted by atomic mass is 16.5. The van der Waals surface area contributed by atoms with E-state index in [1.165, 1.54) is 5.56 Å². The lowest BCUT2D eigenvalue weighted by Gasteiger charge is -2.14. The SMILES string of the molecule is CN(Cc1ccccc1)Cc1cc(C(=O)NN)no1. The molecule has 0 aliphatic rings. The Morgan fingerprint density at radius 2 is 2.11 bits per heavy atom. The molecule has 3 N–H and O–H groups in total. The highest BCUT2D eigenvalue weighted by Crippen LogP contribution is 2.09. The normalized spacial score (nSPS) is 10.7. The Labute approximate surface area is 111 Å². The zero-order valence-electron chi connectivity index (χ0n) is 10.7. The van der Waals surface area contributed by atoms with Crippen LogP contribution >= 0.6 is 0 Å². The van der Waals surface area contributed by atoms with Crippen LogP contribution in [-0.4, -0.2) is 23.0 Å². The van der Waals surface area contributed by atoms with Crippen LogP contribution in [0.25, 0.3) is 0 Å². The van der Waals surface area contributed by atoms with Gasteiger partial charge in [-0.3, -0.25) is 15.1 Å². The molecular weight excluding hydrogens is 244 g/mol. The second-order valence-corrected chi connectivity index (χ2v) is 4.31. The van der Waals surface area contributed by atoms with E-state index in [0.717, 1.165) is 6.54 Å². The van der Waals surface area contributed by atoms with E-state index >= 15 is 0 Å². The average molecular weight is 260 g/mol. The number of nitrogens with two attached hydrogens (primary N) is 1. The average Bonchev–Trinajstić information content (AvgIpc) is 2.87. The van der Waals surface area contributed by atoms with Crippen molar-refractivity contribution in [1.29, 1.82) is 0 Å². The molecule has 0 saturated carbocycles. The van der Waals surface area contributed by atoms with E-state index in [1.807, 2.05) is 30.7 Å². The first-order valence-electron chi connectivity index (χ1n) is 5.88. The number of hydrogen-bond acceptors (Lipinski definition) is 5. The molecule has 0 aliphatic heterocycles. The molecule has 100 valence electrons. The minimum Gasteiger partial charge on any atom is -0.359 e. The Kier molecular flexibility index (Phi) is 4.27. The molecule has 6 nitrogen and oxygen atoms in total. The number of nitrogens with one attached hydrogen (secondary N) is 1. The topological polar surface area (TPSA) is 84.4 Å². The van der Waals surface area contributed by atoms with Crippen molar-refractivity contribution in [2.45, 2.75) is 13.1 Å². The van der Waals surface area contributed by atoms with Gasteiger partial charge in [-0.05, 0) is 12.6 Å². The lowest BCUT2D eigenvalue weighted by atomic mass is 10.2. The first-order chi connectivity index (χ1) is 9.19. The third kappa shape index (κ3) is 3.64. The van der Waals surface area contributed by atoms with Crippen LogP contribution in [0, 0.1) is 0 Å². The van der Waals surface area contributed by atoms with E-state index < -0.39 is 5.91 Å². The number of aromatic nitrogens is 1. The van der Waals surface area contributed by atoms with Gasteiger partial charge in [0.05, 0.1) is 6.54 Å². The van der Waals surface area contributed by atoms with Crippen LogP contribution in [0.5, 0.6) is 0 Å². The number of benzene rings is 1. The number of hydrogen-bond donors (Lipinski definition) is 2. The Balaban J connectivity index is 1.94. The summed E-state index contributed by atoms with van der Waals surface area (Å²) in [4.78, 5) is 13.3. The maximum atomic E-state index is 11.2. The molecule has 6 heteroatoms. The minimum absolute atomic E-state index is 0.186. The zero-order chi connectivity index (χ0) is 13.7. The largest absolute Gasteiger partial charge is 0.359 e. The van der Waals surface area contributed by atoms with Crippen molar-refractivity contribution >= 4 is 5.91 Å². The lowest BCUT2D eigenvalue weighted by molar-refractivity contribution is 0.0944. The number of carbonyl (C=O) groups excluding carboxylic acids is 1. The molecule has 2 aromatic rings. The van der Waals surface area contributed by atoms with E-state index in [4.69, 9.17) is 10.4 Å². The second kappa shape index (κ2) is 6.12. The molecule has 0 aliphatic carbocycles. The van der Waals surface area contributed by atoms with Crippen molar-refractivity contribution in [3.8, 4) is 0 Å². The molecule has 1 aromatic heterocycles. The number of nitrogens with zero attached hydrogens (tertiary/aromatic N) is 2. The Bertz CT molecular complexity index is 539. The van der Waals surface area contributed by atoms with E-state index in [-0.39, 0.29) is 5.69 Å². The van der Waals surface area contributed by atoms with Gasteiger partial charge in [0.2, 0.25) is 0 Å². The Morgan fingerprint density at radius 1 is 1.37 bits per heavy atom. The van der Waals surface area contributed by atoms with Crippen LogP contribution in [0.3, 0.4) is 0 Å². The Morgan fingerprint density at radius 3 is 2.79 bits per heavy atom. The van der Waals surface area contributed by atoms with Crippen LogP contribution in [-0.2, 0) is 13.1 Å². The van der Waals surface area contributed by atoms with Crippen LogP contribution < -0.4 is 11.3 Å². The summed E-state index contributed by atoms with van der Waals surface area (Å²) in [6.07, 6.45) is 0. The van der Waals surface area contributed by atoms with Gasteiger partial charge in [-0.2, -0.15) is 0 Å². The van der Waals surface area contributed by atoms with Gasteiger partial charge < -0.3 is 4.52 Å². The lowest BCUT2D eigenvalue weighted by Crippen LogP contribution is -2.30. The van der Waals surface area contributed by atoms with E-state index in [1.54, 1.807) is 6.07 Å². The van der Waals surface area contributed by atoms with Crippen LogP contribution in [0.15, 0.2) is 40.9 Å². The van der Waals surface area contributed by atoms with Crippen molar-refractivity contribution in [1.82, 2.24) is 15.5 Å². The summed E-state index contributed by atoms with van der Waals surface area (Å²) in [6.45, 7) is 1.36. The van der Waals surface area contributed by atoms with Crippen molar-refractivity contribution in [2.75, 3.05) is 7.05 Å². The first kappa shape index (κ1) is 13.3. The standard InChI is InChI=1S/C13H16N4O2/c1-17(8-10-5-3-2-4-6-10)9-11-7-12(16-19-11)13(18)15-14/h2-7H,8-9,14H2,1H3,(H,15,18). The molecule has 2 rings (SSSR count). The summed E-state index contributed by atoms with van der Waals surface area (Å²) < 4.78 is 5.09. The van der Waals surface area contributed by atoms with E-state index in [2.05, 4.69) is 22.2 Å². The van der Waals surface area contributed by atoms with Gasteiger partial charge in [0.15, 0.2) is 11.5 Å². The van der Waals surface area contributed by atoms with Crippen LogP contribution in [0.4, 0.5) is 0 Å². The second-order valence-electron chi connectivity index (χ2n) is 4.31. The van der Waals surface area contributed by atoms with Gasteiger partial charge >= 0.3 is 0 Å². The van der Waals surface area contributed by atoms with Crippen molar-refractivity contribution in [2.24, 2.45) is 5.84 Å². The number of amides is 1. The fourth-order valence-corrected chi connectivity index (χ4v) is 1.79. The maximum absolute atomic E-state index is 11.2. The number of carbonyl (C=O) groups is 1.